The Labute approximate surface area is 226 Å². The second-order valence-electron chi connectivity index (χ2n) is 9.53. The van der Waals surface area contributed by atoms with Crippen molar-refractivity contribution in [2.75, 3.05) is 33.7 Å². The molecule has 2 amide bonds. The number of Topliss-reactive ketones (excluding diaryl/α,β-unsaturated/α-hetero) is 1. The van der Waals surface area contributed by atoms with Gasteiger partial charge < -0.3 is 20.2 Å². The van der Waals surface area contributed by atoms with E-state index in [2.05, 4.69) is 29.4 Å². The molecular formula is C27H34ClN3O5S. The number of fused-ring (bicyclic) bond motifs is 1. The average molecular weight is 548 g/mol. The Morgan fingerprint density at radius 1 is 1.11 bits per heavy atom. The maximum atomic E-state index is 13.4. The highest BCUT2D eigenvalue weighted by molar-refractivity contribution is 7.18. The van der Waals surface area contributed by atoms with Gasteiger partial charge in [0.1, 0.15) is 0 Å². The lowest BCUT2D eigenvalue weighted by molar-refractivity contribution is -0.138. The molecule has 2 aromatic rings. The van der Waals surface area contributed by atoms with Crippen LogP contribution in [0.4, 0.5) is 0 Å². The molecule has 37 heavy (non-hydrogen) atoms. The largest absolute Gasteiger partial charge is 0.481 e. The number of carbonyl (C=O) groups is 4. The molecule has 8 nitrogen and oxygen atoms in total. The predicted octanol–water partition coefficient (Wildman–Crippen LogP) is 3.45. The van der Waals surface area contributed by atoms with E-state index in [0.717, 1.165) is 42.8 Å². The van der Waals surface area contributed by atoms with Crippen molar-refractivity contribution in [3.63, 3.8) is 0 Å². The summed E-state index contributed by atoms with van der Waals surface area (Å²) in [5, 5.41) is 11.6. The van der Waals surface area contributed by atoms with Crippen molar-refractivity contribution < 1.29 is 24.3 Å². The molecule has 0 unspecified atom stereocenters. The normalized spacial score (nSPS) is 14.4. The van der Waals surface area contributed by atoms with Crippen molar-refractivity contribution in [3.05, 3.63) is 56.2 Å². The molecule has 2 heterocycles. The van der Waals surface area contributed by atoms with Crippen molar-refractivity contribution in [2.24, 2.45) is 0 Å². The molecule has 1 aromatic carbocycles. The number of nitrogens with zero attached hydrogens (tertiary/aromatic N) is 2. The number of carbonyl (C=O) groups excluding carboxylic acids is 3. The van der Waals surface area contributed by atoms with Gasteiger partial charge in [-0.2, -0.15) is 0 Å². The first-order valence-electron chi connectivity index (χ1n) is 12.5. The van der Waals surface area contributed by atoms with E-state index in [9.17, 15) is 19.2 Å². The Morgan fingerprint density at radius 3 is 2.51 bits per heavy atom. The van der Waals surface area contributed by atoms with E-state index < -0.39 is 17.9 Å². The zero-order valence-corrected chi connectivity index (χ0v) is 22.9. The third-order valence-electron chi connectivity index (χ3n) is 6.62. The maximum absolute atomic E-state index is 13.4. The number of hydrogen-bond donors (Lipinski definition) is 2. The van der Waals surface area contributed by atoms with Gasteiger partial charge in [-0.15, -0.1) is 11.3 Å². The maximum Gasteiger partial charge on any atom is 0.303 e. The molecule has 1 aliphatic heterocycles. The first-order chi connectivity index (χ1) is 17.6. The van der Waals surface area contributed by atoms with Gasteiger partial charge >= 0.3 is 5.97 Å². The molecule has 0 aliphatic carbocycles. The number of nitrogens with one attached hydrogen (secondary N) is 1. The number of aliphatic carboxylic acids is 1. The molecule has 3 rings (SSSR count). The van der Waals surface area contributed by atoms with Crippen LogP contribution in [0.2, 0.25) is 4.34 Å². The highest BCUT2D eigenvalue weighted by atomic mass is 35.5. The van der Waals surface area contributed by atoms with Crippen LogP contribution in [0.3, 0.4) is 0 Å². The number of thiophene rings is 1. The van der Waals surface area contributed by atoms with Gasteiger partial charge in [0.15, 0.2) is 5.78 Å². The van der Waals surface area contributed by atoms with Gasteiger partial charge in [-0.05, 0) is 61.6 Å². The molecular weight excluding hydrogens is 514 g/mol. The molecule has 0 bridgehead atoms. The number of amides is 2. The van der Waals surface area contributed by atoms with Gasteiger partial charge in [-0.25, -0.2) is 0 Å². The highest BCUT2D eigenvalue weighted by Crippen LogP contribution is 2.22. The van der Waals surface area contributed by atoms with Crippen molar-refractivity contribution in [3.8, 4) is 0 Å². The summed E-state index contributed by atoms with van der Waals surface area (Å²) in [6.45, 7) is 2.29. The third kappa shape index (κ3) is 8.94. The van der Waals surface area contributed by atoms with Gasteiger partial charge in [-0.1, -0.05) is 29.8 Å². The van der Waals surface area contributed by atoms with Crippen molar-refractivity contribution in [1.29, 1.82) is 0 Å². The molecule has 0 saturated carbocycles. The van der Waals surface area contributed by atoms with Crippen LogP contribution in [0.1, 0.15) is 52.0 Å². The minimum Gasteiger partial charge on any atom is -0.481 e. The molecule has 1 aromatic heterocycles. The second kappa shape index (κ2) is 13.7. The quantitative estimate of drug-likeness (QED) is 0.421. The van der Waals surface area contributed by atoms with E-state index in [0.29, 0.717) is 22.2 Å². The number of carboxylic acids is 1. The number of rotatable bonds is 12. The standard InChI is InChI=1S/C27H34ClN3O5S/c1-30-14-11-19-6-5-18(16-20(19)12-15-30)17-22(32)21(29-27(36)23-8-9-24(28)37-23)7-10-25(33)31(2)13-3-4-26(34)35/h5-6,8-9,16,21H,3-4,7,10-15,17H2,1-2H3,(H,29,36)(H,34,35)/t21-/m1/s1. The first-order valence-corrected chi connectivity index (χ1v) is 13.7. The third-order valence-corrected chi connectivity index (χ3v) is 7.85. The van der Waals surface area contributed by atoms with Gasteiger partial charge in [0.2, 0.25) is 5.91 Å². The van der Waals surface area contributed by atoms with Crippen molar-refractivity contribution >= 4 is 46.5 Å². The van der Waals surface area contributed by atoms with Gasteiger partial charge in [-0.3, -0.25) is 19.2 Å². The van der Waals surface area contributed by atoms with Crippen molar-refractivity contribution in [1.82, 2.24) is 15.1 Å². The van der Waals surface area contributed by atoms with Crippen LogP contribution >= 0.6 is 22.9 Å². The van der Waals surface area contributed by atoms with E-state index in [1.165, 1.54) is 16.0 Å². The Hall–Kier alpha value is -2.75. The molecule has 2 N–H and O–H groups in total. The number of hydrogen-bond acceptors (Lipinski definition) is 6. The summed E-state index contributed by atoms with van der Waals surface area (Å²) < 4.78 is 0.474. The summed E-state index contributed by atoms with van der Waals surface area (Å²) in [6.07, 6.45) is 2.60. The number of benzene rings is 1. The summed E-state index contributed by atoms with van der Waals surface area (Å²) in [4.78, 5) is 53.7. The zero-order chi connectivity index (χ0) is 26.9. The number of likely N-dealkylation sites (N-methyl/N-ethyl adjacent to an activating group) is 1. The zero-order valence-electron chi connectivity index (χ0n) is 21.3. The van der Waals surface area contributed by atoms with Crippen LogP contribution in [0.25, 0.3) is 0 Å². The number of ketones is 1. The van der Waals surface area contributed by atoms with E-state index >= 15 is 0 Å². The lowest BCUT2D eigenvalue weighted by Gasteiger charge is -2.21. The van der Waals surface area contributed by atoms with Gasteiger partial charge in [0, 0.05) is 45.9 Å². The molecule has 0 spiro atoms. The summed E-state index contributed by atoms with van der Waals surface area (Å²) in [5.41, 5.74) is 3.45. The minimum absolute atomic E-state index is 0.0186. The second-order valence-corrected chi connectivity index (χ2v) is 11.2. The Kier molecular flexibility index (Phi) is 10.7. The lowest BCUT2D eigenvalue weighted by atomic mass is 9.95. The molecule has 1 atom stereocenters. The molecule has 0 saturated heterocycles. The topological polar surface area (TPSA) is 107 Å². The van der Waals surface area contributed by atoms with Crippen LogP contribution in [0, 0.1) is 0 Å². The minimum atomic E-state index is -0.910. The Morgan fingerprint density at radius 2 is 1.84 bits per heavy atom. The molecule has 0 fully saturated rings. The fourth-order valence-electron chi connectivity index (χ4n) is 4.35. The Balaban J connectivity index is 1.67. The Bertz CT molecular complexity index is 1130. The molecule has 200 valence electrons. The van der Waals surface area contributed by atoms with Crippen molar-refractivity contribution in [2.45, 2.75) is 51.0 Å². The fourth-order valence-corrected chi connectivity index (χ4v) is 5.30. The van der Waals surface area contributed by atoms with Crippen LogP contribution in [-0.2, 0) is 33.6 Å². The van der Waals surface area contributed by atoms with Crippen LogP contribution in [0.15, 0.2) is 30.3 Å². The lowest BCUT2D eigenvalue weighted by Crippen LogP contribution is -2.42. The first kappa shape index (κ1) is 28.8. The van der Waals surface area contributed by atoms with Crippen LogP contribution in [0.5, 0.6) is 0 Å². The smallest absolute Gasteiger partial charge is 0.303 e. The summed E-state index contributed by atoms with van der Waals surface area (Å²) in [7, 11) is 3.72. The number of carboxylic acid groups (broad SMARTS) is 1. The van der Waals surface area contributed by atoms with Gasteiger partial charge in [0.25, 0.3) is 5.91 Å². The van der Waals surface area contributed by atoms with E-state index in [1.807, 2.05) is 6.07 Å². The summed E-state index contributed by atoms with van der Waals surface area (Å²) >= 11 is 7.10. The SMILES string of the molecule is CN1CCc2ccc(CC(=O)[C@@H](CCC(=O)N(C)CCCC(=O)O)NC(=O)c3ccc(Cl)s3)cc2CC1. The van der Waals surface area contributed by atoms with Crippen LogP contribution in [-0.4, -0.2) is 78.2 Å². The molecule has 1 aliphatic rings. The summed E-state index contributed by atoms with van der Waals surface area (Å²) in [5.74, 6) is -1.68. The monoisotopic (exact) mass is 547 g/mol. The summed E-state index contributed by atoms with van der Waals surface area (Å²) in [6, 6.07) is 8.55. The molecule has 0 radical (unpaired) electrons. The van der Waals surface area contributed by atoms with E-state index in [-0.39, 0.29) is 37.4 Å². The van der Waals surface area contributed by atoms with E-state index in [4.69, 9.17) is 16.7 Å². The predicted molar refractivity (Wildman–Crippen MR) is 144 cm³/mol. The van der Waals surface area contributed by atoms with E-state index in [1.54, 1.807) is 19.2 Å². The molecule has 10 heteroatoms. The van der Waals surface area contributed by atoms with Crippen LogP contribution < -0.4 is 5.32 Å². The highest BCUT2D eigenvalue weighted by Gasteiger charge is 2.24. The number of halogens is 1. The van der Waals surface area contributed by atoms with Gasteiger partial charge in [0.05, 0.1) is 15.3 Å². The average Bonchev–Trinajstić information content (AvgIpc) is 3.21. The fraction of sp³-hybridized carbons (Fsp3) is 0.481.